The molecule has 2 aliphatic carbocycles. The predicted octanol–water partition coefficient (Wildman–Crippen LogP) is 3.33. The molecule has 0 amide bonds. The fourth-order valence-corrected chi connectivity index (χ4v) is 2.38. The van der Waals surface area contributed by atoms with Crippen LogP contribution in [0.4, 0.5) is 14.5 Å². The zero-order valence-corrected chi connectivity index (χ0v) is 9.16. The van der Waals surface area contributed by atoms with Crippen molar-refractivity contribution in [3.8, 4) is 0 Å². The molecule has 0 aliphatic heterocycles. The van der Waals surface area contributed by atoms with Crippen LogP contribution in [0.5, 0.6) is 0 Å². The van der Waals surface area contributed by atoms with Gasteiger partial charge in [-0.3, -0.25) is 5.43 Å². The van der Waals surface area contributed by atoms with E-state index in [1.54, 1.807) is 0 Å². The van der Waals surface area contributed by atoms with Crippen molar-refractivity contribution in [1.82, 2.24) is 0 Å². The Bertz CT molecular complexity index is 508. The van der Waals surface area contributed by atoms with E-state index in [4.69, 9.17) is 0 Å². The third-order valence-electron chi connectivity index (χ3n) is 3.41. The second-order valence-electron chi connectivity index (χ2n) is 4.48. The van der Waals surface area contributed by atoms with E-state index >= 15 is 0 Å². The number of nitrogens with one attached hydrogen (secondary N) is 1. The van der Waals surface area contributed by atoms with Gasteiger partial charge in [0.2, 0.25) is 0 Å². The lowest BCUT2D eigenvalue weighted by atomic mass is 9.74. The zero-order chi connectivity index (χ0) is 11.8. The minimum atomic E-state index is -0.616. The number of rotatable bonds is 2. The summed E-state index contributed by atoms with van der Waals surface area (Å²) < 4.78 is 26.0. The maximum absolute atomic E-state index is 13.3. The SMILES string of the molecule is Fc1ccc(N/N=C2/C[C@@H]3C=CC[C@H]23)c(F)c1. The second-order valence-corrected chi connectivity index (χ2v) is 4.48. The van der Waals surface area contributed by atoms with Crippen molar-refractivity contribution in [3.63, 3.8) is 0 Å². The molecular formula is C13H12F2N2. The smallest absolute Gasteiger partial charge is 0.151 e. The van der Waals surface area contributed by atoms with E-state index in [1.165, 1.54) is 12.1 Å². The molecule has 0 heterocycles. The summed E-state index contributed by atoms with van der Waals surface area (Å²) in [4.78, 5) is 0. The highest BCUT2D eigenvalue weighted by Crippen LogP contribution is 2.40. The van der Waals surface area contributed by atoms with Crippen molar-refractivity contribution in [3.05, 3.63) is 42.0 Å². The number of halogens is 2. The predicted molar refractivity (Wildman–Crippen MR) is 62.8 cm³/mol. The van der Waals surface area contributed by atoms with E-state index < -0.39 is 11.6 Å². The number of hydrogen-bond acceptors (Lipinski definition) is 2. The van der Waals surface area contributed by atoms with Crippen molar-refractivity contribution < 1.29 is 8.78 Å². The Balaban J connectivity index is 1.70. The van der Waals surface area contributed by atoms with Crippen LogP contribution in [0.25, 0.3) is 0 Å². The molecule has 0 spiro atoms. The van der Waals surface area contributed by atoms with Gasteiger partial charge >= 0.3 is 0 Å². The Labute approximate surface area is 98.0 Å². The van der Waals surface area contributed by atoms with E-state index in [2.05, 4.69) is 22.7 Å². The number of hydrogen-bond donors (Lipinski definition) is 1. The van der Waals surface area contributed by atoms with Gasteiger partial charge in [-0.15, -0.1) is 0 Å². The summed E-state index contributed by atoms with van der Waals surface area (Å²) in [5.41, 5.74) is 3.96. The monoisotopic (exact) mass is 234 g/mol. The van der Waals surface area contributed by atoms with Crippen LogP contribution in [0, 0.1) is 23.5 Å². The molecule has 1 aromatic carbocycles. The normalized spacial score (nSPS) is 28.0. The lowest BCUT2D eigenvalue weighted by Gasteiger charge is -2.31. The van der Waals surface area contributed by atoms with Crippen molar-refractivity contribution in [2.45, 2.75) is 12.8 Å². The largest absolute Gasteiger partial charge is 0.276 e. The number of allylic oxidation sites excluding steroid dienone is 2. The Morgan fingerprint density at radius 3 is 2.94 bits per heavy atom. The second kappa shape index (κ2) is 3.95. The van der Waals surface area contributed by atoms with Crippen molar-refractivity contribution in [1.29, 1.82) is 0 Å². The molecule has 4 heteroatoms. The van der Waals surface area contributed by atoms with Crippen LogP contribution in [-0.4, -0.2) is 5.71 Å². The van der Waals surface area contributed by atoms with E-state index in [0.29, 0.717) is 11.8 Å². The van der Waals surface area contributed by atoms with Crippen LogP contribution >= 0.6 is 0 Å². The van der Waals surface area contributed by atoms with Crippen molar-refractivity contribution in [2.24, 2.45) is 16.9 Å². The Kier molecular flexibility index (Phi) is 2.42. The number of fused-ring (bicyclic) bond motifs is 1. The van der Waals surface area contributed by atoms with E-state index in [1.807, 2.05) is 0 Å². The Morgan fingerprint density at radius 2 is 2.18 bits per heavy atom. The van der Waals surface area contributed by atoms with Gasteiger partial charge in [0.05, 0.1) is 5.69 Å². The number of nitrogens with zero attached hydrogens (tertiary/aromatic N) is 1. The summed E-state index contributed by atoms with van der Waals surface area (Å²) in [6.45, 7) is 0. The molecule has 2 atom stereocenters. The molecule has 17 heavy (non-hydrogen) atoms. The van der Waals surface area contributed by atoms with Crippen molar-refractivity contribution >= 4 is 11.4 Å². The van der Waals surface area contributed by atoms with Gasteiger partial charge in [-0.05, 0) is 30.9 Å². The van der Waals surface area contributed by atoms with E-state index in [-0.39, 0.29) is 5.69 Å². The number of benzene rings is 1. The summed E-state index contributed by atoms with van der Waals surface area (Å²) in [6.07, 6.45) is 6.34. The van der Waals surface area contributed by atoms with Crippen LogP contribution in [-0.2, 0) is 0 Å². The highest BCUT2D eigenvalue weighted by Gasteiger charge is 2.37. The standard InChI is InChI=1S/C13H12F2N2/c14-9-4-5-12(11(15)7-9)16-17-13-6-8-2-1-3-10(8)13/h1-2,4-5,7-8,10,16H,3,6H2/b17-13-/t8-,10-/m0/s1. The summed E-state index contributed by atoms with van der Waals surface area (Å²) in [5.74, 6) is -0.0844. The van der Waals surface area contributed by atoms with Crippen LogP contribution in [0.2, 0.25) is 0 Å². The van der Waals surface area contributed by atoms with Crippen LogP contribution in [0.3, 0.4) is 0 Å². The lowest BCUT2D eigenvalue weighted by Crippen LogP contribution is -2.33. The average molecular weight is 234 g/mol. The summed E-state index contributed by atoms with van der Waals surface area (Å²) >= 11 is 0. The molecule has 1 N–H and O–H groups in total. The minimum absolute atomic E-state index is 0.216. The van der Waals surface area contributed by atoms with Crippen LogP contribution < -0.4 is 5.43 Å². The molecule has 0 unspecified atom stereocenters. The molecule has 2 nitrogen and oxygen atoms in total. The molecule has 1 aromatic rings. The third-order valence-corrected chi connectivity index (χ3v) is 3.41. The molecule has 0 radical (unpaired) electrons. The summed E-state index contributed by atoms with van der Waals surface area (Å²) in [7, 11) is 0. The molecule has 0 bridgehead atoms. The van der Waals surface area contributed by atoms with Gasteiger partial charge in [0, 0.05) is 17.7 Å². The molecule has 0 aromatic heterocycles. The zero-order valence-electron chi connectivity index (χ0n) is 9.16. The van der Waals surface area contributed by atoms with Gasteiger partial charge < -0.3 is 0 Å². The van der Waals surface area contributed by atoms with Crippen molar-refractivity contribution in [2.75, 3.05) is 5.43 Å². The third kappa shape index (κ3) is 1.84. The van der Waals surface area contributed by atoms with Crippen LogP contribution in [0.15, 0.2) is 35.5 Å². The molecular weight excluding hydrogens is 222 g/mol. The Morgan fingerprint density at radius 1 is 1.29 bits per heavy atom. The Hall–Kier alpha value is -1.71. The molecule has 1 fully saturated rings. The fraction of sp³-hybridized carbons (Fsp3) is 0.308. The van der Waals surface area contributed by atoms with Gasteiger partial charge in [-0.2, -0.15) is 5.10 Å². The van der Waals surface area contributed by atoms with Gasteiger partial charge in [0.1, 0.15) is 5.82 Å². The molecule has 88 valence electrons. The lowest BCUT2D eigenvalue weighted by molar-refractivity contribution is 0.466. The first-order valence-electron chi connectivity index (χ1n) is 5.68. The van der Waals surface area contributed by atoms with E-state index in [9.17, 15) is 8.78 Å². The first-order chi connectivity index (χ1) is 8.24. The summed E-state index contributed by atoms with van der Waals surface area (Å²) in [5, 5.41) is 4.20. The minimum Gasteiger partial charge on any atom is -0.276 e. The van der Waals surface area contributed by atoms with Gasteiger partial charge in [0.15, 0.2) is 5.82 Å². The highest BCUT2D eigenvalue weighted by molar-refractivity contribution is 5.94. The van der Waals surface area contributed by atoms with Gasteiger partial charge in [-0.25, -0.2) is 8.78 Å². The quantitative estimate of drug-likeness (QED) is 0.616. The first kappa shape index (κ1) is 10.4. The maximum atomic E-state index is 13.3. The summed E-state index contributed by atoms with van der Waals surface area (Å²) in [6, 6.07) is 3.42. The molecule has 0 saturated heterocycles. The van der Waals surface area contributed by atoms with Crippen LogP contribution in [0.1, 0.15) is 12.8 Å². The van der Waals surface area contributed by atoms with E-state index in [0.717, 1.165) is 24.6 Å². The molecule has 1 saturated carbocycles. The van der Waals surface area contributed by atoms with Gasteiger partial charge in [-0.1, -0.05) is 12.2 Å². The fourth-order valence-electron chi connectivity index (χ4n) is 2.38. The molecule has 2 aliphatic rings. The number of anilines is 1. The maximum Gasteiger partial charge on any atom is 0.151 e. The number of hydrazone groups is 1. The topological polar surface area (TPSA) is 24.4 Å². The highest BCUT2D eigenvalue weighted by atomic mass is 19.1. The van der Waals surface area contributed by atoms with Gasteiger partial charge in [0.25, 0.3) is 0 Å². The molecule has 3 rings (SSSR count). The first-order valence-corrected chi connectivity index (χ1v) is 5.68. The average Bonchev–Trinajstić information content (AvgIpc) is 2.63.